The highest BCUT2D eigenvalue weighted by molar-refractivity contribution is 6.34. The summed E-state index contributed by atoms with van der Waals surface area (Å²) < 4.78 is 0. The molecule has 4 rings (SSSR count). The first-order valence-corrected chi connectivity index (χ1v) is 8.29. The highest BCUT2D eigenvalue weighted by atomic mass is 16.2. The summed E-state index contributed by atoms with van der Waals surface area (Å²) in [6, 6.07) is 12.6. The maximum atomic E-state index is 12.7. The normalized spacial score (nSPS) is 19.8. The lowest BCUT2D eigenvalue weighted by atomic mass is 9.95. The summed E-state index contributed by atoms with van der Waals surface area (Å²) in [6.07, 6.45) is 0.460. The van der Waals surface area contributed by atoms with Crippen molar-refractivity contribution in [1.82, 2.24) is 4.90 Å². The van der Waals surface area contributed by atoms with Crippen LogP contribution < -0.4 is 4.90 Å². The molecule has 1 atom stereocenters. The number of rotatable bonds is 2. The first-order chi connectivity index (χ1) is 12.0. The molecule has 0 aromatic heterocycles. The zero-order chi connectivity index (χ0) is 17.7. The van der Waals surface area contributed by atoms with E-state index < -0.39 is 0 Å². The van der Waals surface area contributed by atoms with E-state index in [4.69, 9.17) is 0 Å². The van der Waals surface area contributed by atoms with Crippen molar-refractivity contribution in [2.75, 3.05) is 18.5 Å². The molecular weight excluding hydrogens is 316 g/mol. The summed E-state index contributed by atoms with van der Waals surface area (Å²) in [5.74, 6) is -0.381. The Labute approximate surface area is 145 Å². The Balaban J connectivity index is 1.74. The van der Waals surface area contributed by atoms with Gasteiger partial charge in [0.15, 0.2) is 0 Å². The largest absolute Gasteiger partial charge is 0.345 e. The van der Waals surface area contributed by atoms with Gasteiger partial charge in [0.25, 0.3) is 11.8 Å². The summed E-state index contributed by atoms with van der Waals surface area (Å²) in [5.41, 5.74) is 3.40. The van der Waals surface area contributed by atoms with Crippen molar-refractivity contribution >= 4 is 23.4 Å². The van der Waals surface area contributed by atoms with E-state index in [2.05, 4.69) is 0 Å². The van der Waals surface area contributed by atoms with Gasteiger partial charge in [0.2, 0.25) is 5.91 Å². The number of likely N-dealkylation sites (N-methyl/N-ethyl adjacent to an activating group) is 1. The molecule has 3 amide bonds. The number of carbonyl (C=O) groups is 3. The van der Waals surface area contributed by atoms with Gasteiger partial charge in [-0.25, -0.2) is 4.90 Å². The molecule has 126 valence electrons. The average Bonchev–Trinajstić information content (AvgIpc) is 3.05. The van der Waals surface area contributed by atoms with Crippen LogP contribution in [0.1, 0.15) is 44.2 Å². The Morgan fingerprint density at radius 1 is 0.960 bits per heavy atom. The summed E-state index contributed by atoms with van der Waals surface area (Å²) in [4.78, 5) is 40.2. The second kappa shape index (κ2) is 5.55. The number of carbonyl (C=O) groups excluding carboxylic acids is 3. The van der Waals surface area contributed by atoms with E-state index in [1.807, 2.05) is 25.1 Å². The van der Waals surface area contributed by atoms with Crippen molar-refractivity contribution in [3.8, 4) is 0 Å². The number of imide groups is 1. The quantitative estimate of drug-likeness (QED) is 0.794. The van der Waals surface area contributed by atoms with Crippen molar-refractivity contribution in [1.29, 1.82) is 0 Å². The Morgan fingerprint density at radius 3 is 2.16 bits per heavy atom. The van der Waals surface area contributed by atoms with Crippen molar-refractivity contribution in [2.45, 2.75) is 19.3 Å². The van der Waals surface area contributed by atoms with Gasteiger partial charge >= 0.3 is 0 Å². The van der Waals surface area contributed by atoms with E-state index in [1.54, 1.807) is 36.2 Å². The Bertz CT molecular complexity index is 884. The van der Waals surface area contributed by atoms with Crippen LogP contribution in [0.25, 0.3) is 0 Å². The summed E-state index contributed by atoms with van der Waals surface area (Å²) in [5, 5.41) is 0. The second-order valence-corrected chi connectivity index (χ2v) is 6.77. The number of fused-ring (bicyclic) bond motifs is 1. The third kappa shape index (κ3) is 2.43. The molecule has 1 fully saturated rings. The monoisotopic (exact) mass is 334 g/mol. The lowest BCUT2D eigenvalue weighted by molar-refractivity contribution is -0.126. The minimum atomic E-state index is -0.295. The van der Waals surface area contributed by atoms with Gasteiger partial charge in [-0.3, -0.25) is 14.4 Å². The molecule has 25 heavy (non-hydrogen) atoms. The number of likely N-dealkylation sites (tertiary alicyclic amines) is 1. The number of benzene rings is 2. The fourth-order valence-corrected chi connectivity index (χ4v) is 3.67. The maximum absolute atomic E-state index is 12.7. The predicted molar refractivity (Wildman–Crippen MR) is 93.8 cm³/mol. The van der Waals surface area contributed by atoms with Crippen LogP contribution in [0.3, 0.4) is 0 Å². The Morgan fingerprint density at radius 2 is 1.60 bits per heavy atom. The van der Waals surface area contributed by atoms with Crippen LogP contribution in [0.15, 0.2) is 42.5 Å². The first kappa shape index (κ1) is 15.6. The number of anilines is 1. The predicted octanol–water partition coefficient (Wildman–Crippen LogP) is 2.74. The molecule has 2 aliphatic rings. The van der Waals surface area contributed by atoms with E-state index in [-0.39, 0.29) is 23.6 Å². The summed E-state index contributed by atoms with van der Waals surface area (Å²) in [7, 11) is 1.79. The lowest BCUT2D eigenvalue weighted by Gasteiger charge is -2.18. The zero-order valence-corrected chi connectivity index (χ0v) is 14.2. The number of hydrogen-bond donors (Lipinski definition) is 0. The molecule has 2 heterocycles. The van der Waals surface area contributed by atoms with Crippen LogP contribution >= 0.6 is 0 Å². The van der Waals surface area contributed by atoms with Crippen molar-refractivity contribution in [3.05, 3.63) is 64.7 Å². The highest BCUT2D eigenvalue weighted by Crippen LogP contribution is 2.34. The fraction of sp³-hybridized carbons (Fsp3) is 0.250. The molecule has 0 radical (unpaired) electrons. The lowest BCUT2D eigenvalue weighted by Crippen LogP contribution is -2.29. The third-order valence-corrected chi connectivity index (χ3v) is 4.95. The second-order valence-electron chi connectivity index (χ2n) is 6.77. The molecule has 2 aromatic rings. The SMILES string of the molecule is Cc1cc(C2CC(=O)N(C)C2)cc(N2C(=O)c3ccccc3C2=O)c1. The van der Waals surface area contributed by atoms with Crippen LogP contribution in [0, 0.1) is 6.92 Å². The van der Waals surface area contributed by atoms with Crippen LogP contribution in [0.2, 0.25) is 0 Å². The summed E-state index contributed by atoms with van der Waals surface area (Å²) >= 11 is 0. The van der Waals surface area contributed by atoms with Crippen LogP contribution in [0.5, 0.6) is 0 Å². The van der Waals surface area contributed by atoms with Gasteiger partial charge in [-0.05, 0) is 42.3 Å². The minimum absolute atomic E-state index is 0.0892. The van der Waals surface area contributed by atoms with E-state index in [1.165, 1.54) is 4.90 Å². The maximum Gasteiger partial charge on any atom is 0.266 e. The van der Waals surface area contributed by atoms with Crippen LogP contribution in [-0.2, 0) is 4.79 Å². The molecule has 2 aliphatic heterocycles. The molecule has 5 nitrogen and oxygen atoms in total. The average molecular weight is 334 g/mol. The Hall–Kier alpha value is -2.95. The van der Waals surface area contributed by atoms with Gasteiger partial charge in [-0.15, -0.1) is 0 Å². The smallest absolute Gasteiger partial charge is 0.266 e. The molecule has 5 heteroatoms. The standard InChI is InChI=1S/C20H18N2O3/c1-12-7-13(14-10-18(23)21(2)11-14)9-15(8-12)22-19(24)16-5-3-4-6-17(16)20(22)25/h3-9,14H,10-11H2,1-2H3. The van der Waals surface area contributed by atoms with Gasteiger partial charge in [-0.1, -0.05) is 18.2 Å². The Kier molecular flexibility index (Phi) is 3.46. The van der Waals surface area contributed by atoms with E-state index in [0.29, 0.717) is 29.8 Å². The van der Waals surface area contributed by atoms with Crippen LogP contribution in [-0.4, -0.2) is 36.2 Å². The van der Waals surface area contributed by atoms with Crippen molar-refractivity contribution in [3.63, 3.8) is 0 Å². The number of amides is 3. The first-order valence-electron chi connectivity index (χ1n) is 8.29. The highest BCUT2D eigenvalue weighted by Gasteiger charge is 2.37. The van der Waals surface area contributed by atoms with E-state index in [0.717, 1.165) is 11.1 Å². The van der Waals surface area contributed by atoms with E-state index >= 15 is 0 Å². The van der Waals surface area contributed by atoms with E-state index in [9.17, 15) is 14.4 Å². The zero-order valence-electron chi connectivity index (χ0n) is 14.2. The topological polar surface area (TPSA) is 57.7 Å². The van der Waals surface area contributed by atoms with Gasteiger partial charge in [0, 0.05) is 25.9 Å². The molecule has 0 spiro atoms. The van der Waals surface area contributed by atoms with Gasteiger partial charge < -0.3 is 4.90 Å². The summed E-state index contributed by atoms with van der Waals surface area (Å²) in [6.45, 7) is 2.59. The van der Waals surface area contributed by atoms with Crippen molar-refractivity contribution < 1.29 is 14.4 Å². The minimum Gasteiger partial charge on any atom is -0.345 e. The number of hydrogen-bond acceptors (Lipinski definition) is 3. The van der Waals surface area contributed by atoms with Crippen molar-refractivity contribution in [2.24, 2.45) is 0 Å². The molecule has 0 N–H and O–H groups in total. The van der Waals surface area contributed by atoms with Gasteiger partial charge in [0.1, 0.15) is 0 Å². The third-order valence-electron chi connectivity index (χ3n) is 4.95. The van der Waals surface area contributed by atoms with Crippen LogP contribution in [0.4, 0.5) is 5.69 Å². The van der Waals surface area contributed by atoms with Gasteiger partial charge in [-0.2, -0.15) is 0 Å². The molecule has 1 unspecified atom stereocenters. The molecule has 1 saturated heterocycles. The molecule has 0 bridgehead atoms. The van der Waals surface area contributed by atoms with Gasteiger partial charge in [0.05, 0.1) is 16.8 Å². The molecular formula is C20H18N2O3. The molecule has 2 aromatic carbocycles. The molecule has 0 aliphatic carbocycles. The fourth-order valence-electron chi connectivity index (χ4n) is 3.67. The number of nitrogens with zero attached hydrogens (tertiary/aromatic N) is 2. The molecule has 0 saturated carbocycles. The number of aryl methyl sites for hydroxylation is 1.